The van der Waals surface area contributed by atoms with Gasteiger partial charge < -0.3 is 33.8 Å². The molecule has 0 spiro atoms. The van der Waals surface area contributed by atoms with Crippen LogP contribution in [0.2, 0.25) is 0 Å². The van der Waals surface area contributed by atoms with E-state index in [0.29, 0.717) is 31.6 Å². The van der Waals surface area contributed by atoms with Gasteiger partial charge >= 0.3 is 39.5 Å². The van der Waals surface area contributed by atoms with Crippen molar-refractivity contribution < 1.29 is 80.2 Å². The first-order chi connectivity index (χ1) is 40.8. The van der Waals surface area contributed by atoms with Gasteiger partial charge in [-0.25, -0.2) is 9.13 Å². The third-order valence-corrected chi connectivity index (χ3v) is 17.4. The van der Waals surface area contributed by atoms with Gasteiger partial charge in [0.15, 0.2) is 12.2 Å². The molecule has 17 nitrogen and oxygen atoms in total. The number of hydrogen-bond donors (Lipinski definition) is 3. The number of carbonyl (C=O) groups excluding carboxylic acids is 4. The Morgan fingerprint density at radius 1 is 0.341 bits per heavy atom. The number of phosphoric acid groups is 2. The Bertz CT molecular complexity index is 1680. The maximum Gasteiger partial charge on any atom is 0.472 e. The van der Waals surface area contributed by atoms with Crippen molar-refractivity contribution in [2.24, 2.45) is 17.8 Å². The largest absolute Gasteiger partial charge is 0.472 e. The van der Waals surface area contributed by atoms with Gasteiger partial charge in [0.2, 0.25) is 0 Å². The number of phosphoric ester groups is 2. The van der Waals surface area contributed by atoms with Gasteiger partial charge in [-0.3, -0.25) is 37.3 Å². The van der Waals surface area contributed by atoms with Crippen LogP contribution in [0.15, 0.2) is 0 Å². The number of carbonyl (C=O) groups is 4. The van der Waals surface area contributed by atoms with Gasteiger partial charge in [0.25, 0.3) is 0 Å². The molecule has 0 aromatic heterocycles. The normalized spacial score (nSPS) is 14.6. The lowest BCUT2D eigenvalue weighted by molar-refractivity contribution is -0.161. The zero-order valence-corrected chi connectivity index (χ0v) is 56.9. The summed E-state index contributed by atoms with van der Waals surface area (Å²) in [6.45, 7) is 11.7. The van der Waals surface area contributed by atoms with E-state index in [9.17, 15) is 43.2 Å². The van der Waals surface area contributed by atoms with Crippen LogP contribution in [-0.2, 0) is 65.4 Å². The molecule has 0 aliphatic heterocycles. The molecule has 0 rings (SSSR count). The third kappa shape index (κ3) is 59.5. The number of unbranched alkanes of at least 4 members (excludes halogenated alkanes) is 31. The van der Waals surface area contributed by atoms with Crippen LogP contribution in [-0.4, -0.2) is 96.7 Å². The van der Waals surface area contributed by atoms with Gasteiger partial charge in [-0.1, -0.05) is 273 Å². The van der Waals surface area contributed by atoms with E-state index in [0.717, 1.165) is 108 Å². The lowest BCUT2D eigenvalue weighted by Crippen LogP contribution is -2.30. The standard InChI is InChI=1S/C66H128O17P2/c1-8-10-11-12-13-14-16-20-25-33-40-47-63(68)76-53-61(82-65(70)49-42-35-26-21-18-15-17-19-23-30-37-44-57(3)4)55-80-84(72,73)78-51-60(67)52-79-85(74,75)81-56-62(83-66(71)50-43-36-27-22-24-31-38-45-58(5)6)54-77-64(69)48-41-34-29-28-32-39-46-59(7)9-2/h57-62,67H,8-56H2,1-7H3,(H,72,73)(H,74,75)/t59?,60-,61-,62-/m1/s1. The topological polar surface area (TPSA) is 237 Å². The fraction of sp³-hybridized carbons (Fsp3) is 0.939. The average Bonchev–Trinajstić information content (AvgIpc) is 3.47. The summed E-state index contributed by atoms with van der Waals surface area (Å²) in [6.07, 6.45) is 39.0. The molecule has 0 bridgehead atoms. The lowest BCUT2D eigenvalue weighted by atomic mass is 10.00. The smallest absolute Gasteiger partial charge is 0.462 e. The highest BCUT2D eigenvalue weighted by atomic mass is 31.2. The predicted molar refractivity (Wildman–Crippen MR) is 340 cm³/mol. The minimum Gasteiger partial charge on any atom is -0.462 e. The van der Waals surface area contributed by atoms with Crippen molar-refractivity contribution in [3.8, 4) is 0 Å². The lowest BCUT2D eigenvalue weighted by Gasteiger charge is -2.21. The molecule has 0 aromatic carbocycles. The van der Waals surface area contributed by atoms with E-state index in [4.69, 9.17) is 37.0 Å². The van der Waals surface area contributed by atoms with E-state index in [-0.39, 0.29) is 25.7 Å². The van der Waals surface area contributed by atoms with Gasteiger partial charge in [-0.05, 0) is 43.4 Å². The van der Waals surface area contributed by atoms with E-state index in [1.807, 2.05) is 0 Å². The second-order valence-corrected chi connectivity index (χ2v) is 28.0. The highest BCUT2D eigenvalue weighted by Crippen LogP contribution is 2.45. The highest BCUT2D eigenvalue weighted by Gasteiger charge is 2.30. The van der Waals surface area contributed by atoms with Crippen LogP contribution in [0.3, 0.4) is 0 Å². The zero-order chi connectivity index (χ0) is 63.1. The number of aliphatic hydroxyl groups is 1. The van der Waals surface area contributed by atoms with Crippen molar-refractivity contribution in [3.63, 3.8) is 0 Å². The molecule has 0 fully saturated rings. The van der Waals surface area contributed by atoms with Crippen molar-refractivity contribution in [3.05, 3.63) is 0 Å². The Morgan fingerprint density at radius 2 is 0.600 bits per heavy atom. The number of aliphatic hydroxyl groups excluding tert-OH is 1. The monoisotopic (exact) mass is 1250 g/mol. The summed E-state index contributed by atoms with van der Waals surface area (Å²) in [6, 6.07) is 0. The Balaban J connectivity index is 5.25. The van der Waals surface area contributed by atoms with E-state index in [2.05, 4.69) is 48.5 Å². The molecule has 85 heavy (non-hydrogen) atoms. The quantitative estimate of drug-likeness (QED) is 0.0222. The summed E-state index contributed by atoms with van der Waals surface area (Å²) in [5.74, 6) is 0.0573. The van der Waals surface area contributed by atoms with Crippen LogP contribution in [0.1, 0.15) is 325 Å². The van der Waals surface area contributed by atoms with Crippen LogP contribution in [0, 0.1) is 17.8 Å². The van der Waals surface area contributed by atoms with Crippen LogP contribution in [0.4, 0.5) is 0 Å². The number of rotatable bonds is 64. The van der Waals surface area contributed by atoms with E-state index < -0.39 is 97.5 Å². The number of esters is 4. The van der Waals surface area contributed by atoms with Gasteiger partial charge in [0.1, 0.15) is 19.3 Å². The van der Waals surface area contributed by atoms with Gasteiger partial charge in [0.05, 0.1) is 26.4 Å². The van der Waals surface area contributed by atoms with Crippen molar-refractivity contribution in [1.29, 1.82) is 0 Å². The van der Waals surface area contributed by atoms with Crippen molar-refractivity contribution >= 4 is 39.5 Å². The van der Waals surface area contributed by atoms with Crippen LogP contribution >= 0.6 is 15.6 Å². The summed E-state index contributed by atoms with van der Waals surface area (Å²) in [5, 5.41) is 10.5. The number of hydrogen-bond acceptors (Lipinski definition) is 15. The van der Waals surface area contributed by atoms with Crippen LogP contribution in [0.25, 0.3) is 0 Å². The van der Waals surface area contributed by atoms with Gasteiger partial charge in [-0.2, -0.15) is 0 Å². The fourth-order valence-corrected chi connectivity index (χ4v) is 11.4. The van der Waals surface area contributed by atoms with Crippen LogP contribution in [0.5, 0.6) is 0 Å². The molecule has 0 aliphatic carbocycles. The Labute approximate surface area is 517 Å². The van der Waals surface area contributed by atoms with E-state index in [1.165, 1.54) is 128 Å². The second kappa shape index (κ2) is 57.2. The summed E-state index contributed by atoms with van der Waals surface area (Å²) < 4.78 is 68.1. The minimum absolute atomic E-state index is 0.102. The maximum absolute atomic E-state index is 13.0. The van der Waals surface area contributed by atoms with Crippen molar-refractivity contribution in [2.75, 3.05) is 39.6 Å². The van der Waals surface area contributed by atoms with Crippen molar-refractivity contribution in [2.45, 2.75) is 343 Å². The first-order valence-electron chi connectivity index (χ1n) is 34.4. The van der Waals surface area contributed by atoms with E-state index in [1.54, 1.807) is 0 Å². The molecular formula is C66H128O17P2. The Kier molecular flexibility index (Phi) is 55.9. The van der Waals surface area contributed by atoms with Gasteiger partial charge in [0, 0.05) is 25.7 Å². The number of ether oxygens (including phenoxy) is 4. The molecule has 0 aliphatic rings. The molecule has 0 heterocycles. The molecule has 0 saturated carbocycles. The first-order valence-corrected chi connectivity index (χ1v) is 37.4. The minimum atomic E-state index is -4.95. The van der Waals surface area contributed by atoms with E-state index >= 15 is 0 Å². The fourth-order valence-electron chi connectivity index (χ4n) is 9.80. The Hall–Kier alpha value is -1.94. The van der Waals surface area contributed by atoms with Crippen molar-refractivity contribution in [1.82, 2.24) is 0 Å². The summed E-state index contributed by atoms with van der Waals surface area (Å²) in [5.41, 5.74) is 0. The molecule has 19 heteroatoms. The predicted octanol–water partition coefficient (Wildman–Crippen LogP) is 18.3. The maximum atomic E-state index is 13.0. The average molecular weight is 1260 g/mol. The van der Waals surface area contributed by atoms with Crippen LogP contribution < -0.4 is 0 Å². The summed E-state index contributed by atoms with van der Waals surface area (Å²) >= 11 is 0. The SMILES string of the molecule is CCCCCCCCCCCCCC(=O)OC[C@H](COP(=O)(O)OC[C@@H](O)COP(=O)(O)OC[C@@H](COC(=O)CCCCCCCCC(C)CC)OC(=O)CCCCCCCCCC(C)C)OC(=O)CCCCCCCCCCCCCC(C)C. The first kappa shape index (κ1) is 83.1. The molecule has 0 saturated heterocycles. The molecule has 0 amide bonds. The molecule has 6 atom stereocenters. The Morgan fingerprint density at radius 3 is 0.894 bits per heavy atom. The highest BCUT2D eigenvalue weighted by molar-refractivity contribution is 7.47. The summed E-state index contributed by atoms with van der Waals surface area (Å²) in [7, 11) is -9.89. The molecule has 504 valence electrons. The summed E-state index contributed by atoms with van der Waals surface area (Å²) in [4.78, 5) is 72.3. The molecular weight excluding hydrogens is 1130 g/mol. The second-order valence-electron chi connectivity index (χ2n) is 25.1. The van der Waals surface area contributed by atoms with Gasteiger partial charge in [-0.15, -0.1) is 0 Å². The molecule has 3 unspecified atom stereocenters. The molecule has 0 aromatic rings. The molecule has 0 radical (unpaired) electrons. The zero-order valence-electron chi connectivity index (χ0n) is 55.1. The molecule has 3 N–H and O–H groups in total. The third-order valence-electron chi connectivity index (χ3n) is 15.5.